The zero-order chi connectivity index (χ0) is 23.4. The molecule has 1 aromatic carbocycles. The molecule has 1 aliphatic rings. The highest BCUT2D eigenvalue weighted by Crippen LogP contribution is 2.28. The number of alkyl halides is 3. The number of pyridine rings is 1. The molecule has 1 aromatic heterocycles. The van der Waals surface area contributed by atoms with Crippen LogP contribution in [0.25, 0.3) is 0 Å². The van der Waals surface area contributed by atoms with Crippen molar-refractivity contribution in [2.24, 2.45) is 5.41 Å². The molecule has 1 fully saturated rings. The van der Waals surface area contributed by atoms with Gasteiger partial charge in [0.15, 0.2) is 5.41 Å². The number of aliphatic hydroxyl groups excluding tert-OH is 1. The highest BCUT2D eigenvalue weighted by molar-refractivity contribution is 6.20. The summed E-state index contributed by atoms with van der Waals surface area (Å²) in [5.41, 5.74) is -0.749. The number of hydrazine groups is 1. The molecule has 1 saturated heterocycles. The lowest BCUT2D eigenvalue weighted by molar-refractivity contribution is -0.144. The van der Waals surface area contributed by atoms with E-state index in [2.05, 4.69) is 31.2 Å². The van der Waals surface area contributed by atoms with Gasteiger partial charge in [0.2, 0.25) is 5.91 Å². The quantitative estimate of drug-likeness (QED) is 0.233. The minimum Gasteiger partial charge on any atom is -0.420 e. The normalized spacial score (nSPS) is 17.9. The van der Waals surface area contributed by atoms with Crippen LogP contribution >= 0.6 is 11.6 Å². The molecule has 0 aliphatic carbocycles. The van der Waals surface area contributed by atoms with Crippen LogP contribution in [0.15, 0.2) is 42.6 Å². The number of benzene rings is 1. The van der Waals surface area contributed by atoms with Crippen molar-refractivity contribution in [2.75, 3.05) is 18.5 Å². The number of aliphatic hydroxyl groups is 1. The van der Waals surface area contributed by atoms with E-state index in [1.54, 1.807) is 0 Å². The van der Waals surface area contributed by atoms with Gasteiger partial charge >= 0.3 is 5.57 Å². The Hall–Kier alpha value is -3.51. The van der Waals surface area contributed by atoms with Gasteiger partial charge in [0.05, 0.1) is 12.2 Å². The summed E-state index contributed by atoms with van der Waals surface area (Å²) in [6, 6.07) is 8.19. The number of rotatable bonds is 7. The van der Waals surface area contributed by atoms with Crippen LogP contribution in [0.5, 0.6) is 5.75 Å². The summed E-state index contributed by atoms with van der Waals surface area (Å²) in [7, 11) is 0. The van der Waals surface area contributed by atoms with Gasteiger partial charge in [0, 0.05) is 30.0 Å². The molecule has 3 amide bonds. The number of nitrogens with zero attached hydrogens (tertiary/aromatic N) is 1. The third-order valence-corrected chi connectivity index (χ3v) is 4.75. The van der Waals surface area contributed by atoms with Gasteiger partial charge in [-0.3, -0.25) is 25.2 Å². The number of ether oxygens (including phenoxy) is 1. The van der Waals surface area contributed by atoms with Crippen LogP contribution in [-0.2, 0) is 9.59 Å². The molecule has 13 heteroatoms. The summed E-state index contributed by atoms with van der Waals surface area (Å²) in [6.07, 6.45) is 1.49. The lowest BCUT2D eigenvalue weighted by Crippen LogP contribution is -2.53. The number of carbonyl (C=O) groups excluding carboxylic acids is 3. The number of halogens is 3. The van der Waals surface area contributed by atoms with Gasteiger partial charge in [-0.05, 0) is 42.8 Å². The van der Waals surface area contributed by atoms with Gasteiger partial charge in [-0.15, -0.1) is 8.78 Å². The largest absolute Gasteiger partial charge is 0.487 e. The molecular weight excluding hydrogens is 452 g/mol. The number of hydrogen-bond acceptors (Lipinski definition) is 7. The molecule has 2 heterocycles. The standard InChI is InChI=1S/C19H18ClF2N5O5/c20-19(21,22)32-12-5-3-11(4-6-12)25-14-13(2-1-8-23-14)15(29)26-27-17(31)18(10-28)7-9-24-16(18)30/h1-6,8,28H,7,9-10H2,(H,23,25)(H,24,30)(H,26,29)(H,27,31). The highest BCUT2D eigenvalue weighted by atomic mass is 35.5. The predicted octanol–water partition coefficient (Wildman–Crippen LogP) is 1.25. The molecule has 2 aromatic rings. The van der Waals surface area contributed by atoms with E-state index in [0.717, 1.165) is 0 Å². The maximum absolute atomic E-state index is 12.7. The first-order chi connectivity index (χ1) is 15.1. The van der Waals surface area contributed by atoms with Crippen molar-refractivity contribution >= 4 is 40.8 Å². The Kier molecular flexibility index (Phi) is 6.75. The smallest absolute Gasteiger partial charge is 0.420 e. The maximum Gasteiger partial charge on any atom is 0.487 e. The first-order valence-electron chi connectivity index (χ1n) is 9.22. The molecule has 0 radical (unpaired) electrons. The first-order valence-corrected chi connectivity index (χ1v) is 9.60. The summed E-state index contributed by atoms with van der Waals surface area (Å²) in [5.74, 6) is -2.30. The second kappa shape index (κ2) is 9.32. The number of hydrogen-bond donors (Lipinski definition) is 5. The Balaban J connectivity index is 1.67. The lowest BCUT2D eigenvalue weighted by atomic mass is 9.86. The van der Waals surface area contributed by atoms with Crippen molar-refractivity contribution < 1.29 is 33.0 Å². The predicted molar refractivity (Wildman–Crippen MR) is 108 cm³/mol. The van der Waals surface area contributed by atoms with Crippen molar-refractivity contribution in [2.45, 2.75) is 12.0 Å². The van der Waals surface area contributed by atoms with Gasteiger partial charge in [0.1, 0.15) is 11.6 Å². The van der Waals surface area contributed by atoms with E-state index in [0.29, 0.717) is 5.69 Å². The Bertz CT molecular complexity index is 1020. The van der Waals surface area contributed by atoms with E-state index >= 15 is 0 Å². The summed E-state index contributed by atoms with van der Waals surface area (Å²) < 4.78 is 29.6. The first kappa shape index (κ1) is 23.2. The average Bonchev–Trinajstić information content (AvgIpc) is 3.14. The van der Waals surface area contributed by atoms with E-state index in [-0.39, 0.29) is 30.1 Å². The minimum atomic E-state index is -3.85. The van der Waals surface area contributed by atoms with E-state index < -0.39 is 35.3 Å². The Morgan fingerprint density at radius 3 is 2.56 bits per heavy atom. The van der Waals surface area contributed by atoms with Gasteiger partial charge in [-0.1, -0.05) is 0 Å². The van der Waals surface area contributed by atoms with E-state index in [1.165, 1.54) is 42.6 Å². The molecule has 1 unspecified atom stereocenters. The molecule has 0 saturated carbocycles. The van der Waals surface area contributed by atoms with Crippen molar-refractivity contribution in [3.63, 3.8) is 0 Å². The monoisotopic (exact) mass is 469 g/mol. The molecule has 5 N–H and O–H groups in total. The summed E-state index contributed by atoms with van der Waals surface area (Å²) in [4.78, 5) is 41.0. The highest BCUT2D eigenvalue weighted by Gasteiger charge is 2.49. The van der Waals surface area contributed by atoms with Gasteiger partial charge in [0.25, 0.3) is 11.8 Å². The van der Waals surface area contributed by atoms with Crippen LogP contribution < -0.4 is 26.2 Å². The van der Waals surface area contributed by atoms with Gasteiger partial charge < -0.3 is 20.5 Å². The third-order valence-electron chi connectivity index (χ3n) is 4.67. The van der Waals surface area contributed by atoms with Crippen molar-refractivity contribution in [3.8, 4) is 5.75 Å². The Labute approximate surface area is 185 Å². The van der Waals surface area contributed by atoms with E-state index in [9.17, 15) is 28.3 Å². The van der Waals surface area contributed by atoms with Crippen LogP contribution in [0.2, 0.25) is 0 Å². The molecule has 3 rings (SSSR count). The number of anilines is 2. The molecule has 10 nitrogen and oxygen atoms in total. The molecule has 32 heavy (non-hydrogen) atoms. The zero-order valence-corrected chi connectivity index (χ0v) is 17.1. The molecule has 1 aliphatic heterocycles. The Morgan fingerprint density at radius 2 is 1.97 bits per heavy atom. The fourth-order valence-electron chi connectivity index (χ4n) is 2.98. The fourth-order valence-corrected chi connectivity index (χ4v) is 3.07. The second-order valence-electron chi connectivity index (χ2n) is 6.75. The number of aromatic nitrogens is 1. The van der Waals surface area contributed by atoms with Crippen LogP contribution in [-0.4, -0.2) is 46.5 Å². The number of amides is 3. The molecule has 0 bridgehead atoms. The van der Waals surface area contributed by atoms with Crippen LogP contribution in [0.3, 0.4) is 0 Å². The topological polar surface area (TPSA) is 142 Å². The van der Waals surface area contributed by atoms with E-state index in [1.807, 2.05) is 0 Å². The lowest BCUT2D eigenvalue weighted by Gasteiger charge is -2.22. The third kappa shape index (κ3) is 5.21. The molecule has 170 valence electrons. The molecular formula is C19H18ClF2N5O5. The number of nitrogens with one attached hydrogen (secondary N) is 4. The van der Waals surface area contributed by atoms with Crippen molar-refractivity contribution in [3.05, 3.63) is 48.2 Å². The summed E-state index contributed by atoms with van der Waals surface area (Å²) >= 11 is 4.72. The zero-order valence-electron chi connectivity index (χ0n) is 16.3. The van der Waals surface area contributed by atoms with Gasteiger partial charge in [-0.25, -0.2) is 4.98 Å². The van der Waals surface area contributed by atoms with E-state index in [4.69, 9.17) is 11.6 Å². The van der Waals surface area contributed by atoms with Crippen LogP contribution in [0.4, 0.5) is 20.3 Å². The number of carbonyl (C=O) groups is 3. The Morgan fingerprint density at radius 1 is 1.25 bits per heavy atom. The van der Waals surface area contributed by atoms with Crippen LogP contribution in [0, 0.1) is 5.41 Å². The molecule has 0 spiro atoms. The minimum absolute atomic E-state index is 0.0364. The fraction of sp³-hybridized carbons (Fsp3) is 0.263. The SMILES string of the molecule is O=C(NNC(=O)C1(CO)CCNC1=O)c1cccnc1Nc1ccc(OC(F)(F)Cl)cc1. The molecule has 1 atom stereocenters. The van der Waals surface area contributed by atoms with Crippen LogP contribution in [0.1, 0.15) is 16.8 Å². The second-order valence-corrected chi connectivity index (χ2v) is 7.19. The maximum atomic E-state index is 12.7. The van der Waals surface area contributed by atoms with Crippen molar-refractivity contribution in [1.29, 1.82) is 0 Å². The van der Waals surface area contributed by atoms with Gasteiger partial charge in [-0.2, -0.15) is 0 Å². The summed E-state index contributed by atoms with van der Waals surface area (Å²) in [6.45, 7) is -0.487. The summed E-state index contributed by atoms with van der Waals surface area (Å²) in [5, 5.41) is 14.8. The average molecular weight is 470 g/mol. The van der Waals surface area contributed by atoms with Crippen molar-refractivity contribution in [1.82, 2.24) is 21.2 Å².